The molecular formula is C27H28FN5O3. The molecule has 3 aliphatic rings. The van der Waals surface area contributed by atoms with Crippen molar-refractivity contribution in [1.82, 2.24) is 25.3 Å². The number of aromatic nitrogens is 2. The molecule has 2 aliphatic heterocycles. The lowest BCUT2D eigenvalue weighted by Crippen LogP contribution is -2.51. The van der Waals surface area contributed by atoms with Gasteiger partial charge in [0, 0.05) is 43.9 Å². The van der Waals surface area contributed by atoms with E-state index in [1.807, 2.05) is 17.0 Å². The Labute approximate surface area is 207 Å². The number of fused-ring (bicyclic) bond motifs is 2. The summed E-state index contributed by atoms with van der Waals surface area (Å²) in [5.74, 6) is 0.339. The van der Waals surface area contributed by atoms with Gasteiger partial charge in [0.2, 0.25) is 5.91 Å². The summed E-state index contributed by atoms with van der Waals surface area (Å²) < 4.78 is 14.7. The quantitative estimate of drug-likeness (QED) is 0.583. The van der Waals surface area contributed by atoms with E-state index in [2.05, 4.69) is 15.5 Å². The van der Waals surface area contributed by atoms with Gasteiger partial charge in [-0.25, -0.2) is 9.49 Å². The molecule has 3 atom stereocenters. The van der Waals surface area contributed by atoms with E-state index >= 15 is 0 Å². The summed E-state index contributed by atoms with van der Waals surface area (Å²) in [6.07, 6.45) is 1.40. The predicted molar refractivity (Wildman–Crippen MR) is 132 cm³/mol. The Morgan fingerprint density at radius 3 is 2.50 bits per heavy atom. The summed E-state index contributed by atoms with van der Waals surface area (Å²) in [5, 5.41) is 11.3. The summed E-state index contributed by atoms with van der Waals surface area (Å²) in [4.78, 5) is 41.8. The fraction of sp³-hybridized carbons (Fsp3) is 0.407. The maximum Gasteiger partial charge on any atom is 0.272 e. The van der Waals surface area contributed by atoms with Crippen molar-refractivity contribution in [3.8, 4) is 0 Å². The van der Waals surface area contributed by atoms with Crippen LogP contribution < -0.4 is 10.9 Å². The van der Waals surface area contributed by atoms with Crippen LogP contribution in [-0.2, 0) is 11.2 Å². The van der Waals surface area contributed by atoms with Gasteiger partial charge in [-0.2, -0.15) is 5.10 Å². The molecule has 186 valence electrons. The highest BCUT2D eigenvalue weighted by atomic mass is 19.1. The molecule has 1 saturated carbocycles. The van der Waals surface area contributed by atoms with Crippen LogP contribution in [0.2, 0.25) is 0 Å². The number of hydrogen-bond acceptors (Lipinski definition) is 5. The molecule has 2 saturated heterocycles. The molecule has 1 aliphatic carbocycles. The lowest BCUT2D eigenvalue weighted by molar-refractivity contribution is -0.134. The predicted octanol–water partition coefficient (Wildman–Crippen LogP) is 1.79. The minimum atomic E-state index is -0.573. The standard InChI is InChI=1S/C27H28FN5O3/c28-22-6-5-16(14-23-17-3-1-2-4-19(17)25(34)31-30-23)13-20(22)26(35)32-9-11-33(12-10-32)27(36)24-18-7-8-29-15-21(18)24/h1-6,13,18,21,24,29H,7-12,14-15H2,(H,31,34)/t18-,21+,24+/m0/s1. The first-order valence-electron chi connectivity index (χ1n) is 12.5. The molecule has 9 heteroatoms. The number of benzene rings is 2. The molecule has 2 amide bonds. The topological polar surface area (TPSA) is 98.4 Å². The molecule has 6 rings (SSSR count). The van der Waals surface area contributed by atoms with Crippen molar-refractivity contribution in [2.24, 2.45) is 17.8 Å². The Bertz CT molecular complexity index is 1390. The fourth-order valence-electron chi connectivity index (χ4n) is 5.88. The summed E-state index contributed by atoms with van der Waals surface area (Å²) in [5.41, 5.74) is 1.13. The van der Waals surface area contributed by atoms with Crippen LogP contribution in [-0.4, -0.2) is 71.1 Å². The minimum Gasteiger partial charge on any atom is -0.339 e. The molecule has 1 aromatic heterocycles. The number of hydrogen-bond donors (Lipinski definition) is 2. The van der Waals surface area contributed by atoms with E-state index in [0.29, 0.717) is 55.5 Å². The van der Waals surface area contributed by atoms with Gasteiger partial charge in [0.25, 0.3) is 11.5 Å². The van der Waals surface area contributed by atoms with Crippen molar-refractivity contribution in [1.29, 1.82) is 0 Å². The van der Waals surface area contributed by atoms with Crippen LogP contribution in [0.4, 0.5) is 4.39 Å². The van der Waals surface area contributed by atoms with Crippen molar-refractivity contribution >= 4 is 22.6 Å². The van der Waals surface area contributed by atoms with Gasteiger partial charge >= 0.3 is 0 Å². The van der Waals surface area contributed by atoms with E-state index in [4.69, 9.17) is 0 Å². The van der Waals surface area contributed by atoms with Crippen LogP contribution in [0.5, 0.6) is 0 Å². The summed E-state index contributed by atoms with van der Waals surface area (Å²) in [6, 6.07) is 11.7. The number of H-pyrrole nitrogens is 1. The van der Waals surface area contributed by atoms with Gasteiger partial charge < -0.3 is 15.1 Å². The number of rotatable bonds is 4. The van der Waals surface area contributed by atoms with Crippen molar-refractivity contribution in [2.45, 2.75) is 12.8 Å². The number of carbonyl (C=O) groups is 2. The van der Waals surface area contributed by atoms with Gasteiger partial charge in [-0.15, -0.1) is 0 Å². The maximum absolute atomic E-state index is 14.7. The van der Waals surface area contributed by atoms with Crippen LogP contribution in [0.1, 0.15) is 28.0 Å². The average Bonchev–Trinajstić information content (AvgIpc) is 3.65. The Kier molecular flexibility index (Phi) is 5.79. The second kappa shape index (κ2) is 9.13. The van der Waals surface area contributed by atoms with Crippen molar-refractivity contribution < 1.29 is 14.0 Å². The third-order valence-electron chi connectivity index (χ3n) is 7.94. The van der Waals surface area contributed by atoms with E-state index in [1.165, 1.54) is 6.07 Å². The Morgan fingerprint density at radius 2 is 1.75 bits per heavy atom. The van der Waals surface area contributed by atoms with Gasteiger partial charge in [0.05, 0.1) is 16.6 Å². The number of nitrogens with zero attached hydrogens (tertiary/aromatic N) is 3. The van der Waals surface area contributed by atoms with Gasteiger partial charge in [-0.05, 0) is 55.1 Å². The molecule has 0 radical (unpaired) electrons. The molecule has 3 heterocycles. The number of piperidine rings is 1. The zero-order chi connectivity index (χ0) is 24.8. The van der Waals surface area contributed by atoms with Gasteiger partial charge in [0.1, 0.15) is 5.82 Å². The van der Waals surface area contributed by atoms with Gasteiger partial charge in [-0.3, -0.25) is 14.4 Å². The van der Waals surface area contributed by atoms with Crippen LogP contribution in [0, 0.1) is 23.6 Å². The normalized spacial score (nSPS) is 23.4. The third kappa shape index (κ3) is 4.07. The lowest BCUT2D eigenvalue weighted by atomic mass is 10.0. The Hall–Kier alpha value is -3.59. The lowest BCUT2D eigenvalue weighted by Gasteiger charge is -2.35. The number of aromatic amines is 1. The molecule has 0 spiro atoms. The number of halogens is 1. The van der Waals surface area contributed by atoms with E-state index in [9.17, 15) is 18.8 Å². The summed E-state index contributed by atoms with van der Waals surface area (Å²) in [6.45, 7) is 3.62. The number of amides is 2. The molecule has 3 aromatic rings. The second-order valence-electron chi connectivity index (χ2n) is 10.00. The summed E-state index contributed by atoms with van der Waals surface area (Å²) in [7, 11) is 0. The molecule has 36 heavy (non-hydrogen) atoms. The van der Waals surface area contributed by atoms with Crippen LogP contribution in [0.3, 0.4) is 0 Å². The zero-order valence-corrected chi connectivity index (χ0v) is 19.9. The molecule has 0 unspecified atom stereocenters. The first kappa shape index (κ1) is 22.8. The van der Waals surface area contributed by atoms with Crippen LogP contribution in [0.15, 0.2) is 47.3 Å². The van der Waals surface area contributed by atoms with E-state index < -0.39 is 5.82 Å². The highest BCUT2D eigenvalue weighted by Crippen LogP contribution is 2.50. The van der Waals surface area contributed by atoms with E-state index in [-0.39, 0.29) is 28.9 Å². The second-order valence-corrected chi connectivity index (χ2v) is 10.00. The number of nitrogens with one attached hydrogen (secondary N) is 2. The van der Waals surface area contributed by atoms with Crippen molar-refractivity contribution in [3.63, 3.8) is 0 Å². The molecule has 2 N–H and O–H groups in total. The first-order valence-corrected chi connectivity index (χ1v) is 12.5. The first-order chi connectivity index (χ1) is 17.5. The number of carbonyl (C=O) groups excluding carboxylic acids is 2. The average molecular weight is 490 g/mol. The smallest absolute Gasteiger partial charge is 0.272 e. The van der Waals surface area contributed by atoms with Crippen molar-refractivity contribution in [3.05, 3.63) is 75.5 Å². The molecule has 3 fully saturated rings. The van der Waals surface area contributed by atoms with E-state index in [0.717, 1.165) is 30.5 Å². The molecule has 2 aromatic carbocycles. The van der Waals surface area contributed by atoms with Crippen molar-refractivity contribution in [2.75, 3.05) is 39.3 Å². The van der Waals surface area contributed by atoms with Crippen LogP contribution >= 0.6 is 0 Å². The SMILES string of the molecule is O=C(c1cc(Cc2n[nH]c(=O)c3ccccc23)ccc1F)N1CCN(C(=O)[C@H]2[C@@H]3CNCC[C@@H]32)CC1. The molecule has 0 bridgehead atoms. The largest absolute Gasteiger partial charge is 0.339 e. The summed E-state index contributed by atoms with van der Waals surface area (Å²) >= 11 is 0. The van der Waals surface area contributed by atoms with Gasteiger partial charge in [-0.1, -0.05) is 24.3 Å². The fourth-order valence-corrected chi connectivity index (χ4v) is 5.88. The van der Waals surface area contributed by atoms with Gasteiger partial charge in [0.15, 0.2) is 0 Å². The third-order valence-corrected chi connectivity index (χ3v) is 7.94. The highest BCUT2D eigenvalue weighted by Gasteiger charge is 2.56. The maximum atomic E-state index is 14.7. The highest BCUT2D eigenvalue weighted by molar-refractivity contribution is 5.95. The molecular weight excluding hydrogens is 461 g/mol. The monoisotopic (exact) mass is 489 g/mol. The van der Waals surface area contributed by atoms with Crippen LogP contribution in [0.25, 0.3) is 10.8 Å². The van der Waals surface area contributed by atoms with E-state index in [1.54, 1.807) is 29.2 Å². The Morgan fingerprint density at radius 1 is 1.00 bits per heavy atom. The molecule has 8 nitrogen and oxygen atoms in total. The Balaban J connectivity index is 1.14. The zero-order valence-electron chi connectivity index (χ0n) is 19.9. The number of piperazine rings is 1. The minimum absolute atomic E-state index is 0.0142.